The molecule has 1 unspecified atom stereocenters. The van der Waals surface area contributed by atoms with Crippen LogP contribution in [0.5, 0.6) is 0 Å². The standard InChI is InChI=1S/C23H29FN2OS/c24-20-7-5-19(6-8-20)3-1-11-25-12-9-23(10-13-25)15-21(27)16-26(18-23)17-22-4-2-14-28-22/h1-8,14,21,27H,9-13,15-18H2/b3-1+. The summed E-state index contributed by atoms with van der Waals surface area (Å²) in [4.78, 5) is 6.31. The largest absolute Gasteiger partial charge is 0.392 e. The third kappa shape index (κ3) is 5.09. The molecule has 0 amide bonds. The smallest absolute Gasteiger partial charge is 0.123 e. The number of β-amino-alcohol motifs (C(OH)–C–C–N with tert-alkyl or cyclic N) is 1. The van der Waals surface area contributed by atoms with E-state index in [0.717, 1.165) is 64.1 Å². The van der Waals surface area contributed by atoms with E-state index in [2.05, 4.69) is 39.5 Å². The average Bonchev–Trinajstić information content (AvgIpc) is 3.17. The van der Waals surface area contributed by atoms with Crippen molar-refractivity contribution in [2.24, 2.45) is 5.41 Å². The van der Waals surface area contributed by atoms with Crippen molar-refractivity contribution in [2.45, 2.75) is 31.9 Å². The molecule has 2 aliphatic rings. The number of hydrogen-bond acceptors (Lipinski definition) is 4. The molecule has 3 heterocycles. The van der Waals surface area contributed by atoms with Crippen LogP contribution in [0, 0.1) is 11.2 Å². The zero-order chi connectivity index (χ0) is 19.4. The van der Waals surface area contributed by atoms with Gasteiger partial charge in [0.15, 0.2) is 0 Å². The Kier molecular flexibility index (Phi) is 6.26. The Morgan fingerprint density at radius 1 is 1.14 bits per heavy atom. The lowest BCUT2D eigenvalue weighted by molar-refractivity contribution is -0.0420. The number of rotatable bonds is 5. The molecule has 0 saturated carbocycles. The lowest BCUT2D eigenvalue weighted by Gasteiger charge is -2.49. The summed E-state index contributed by atoms with van der Waals surface area (Å²) < 4.78 is 13.0. The molecule has 5 heteroatoms. The minimum absolute atomic E-state index is 0.193. The molecule has 1 atom stereocenters. The van der Waals surface area contributed by atoms with Crippen LogP contribution in [-0.4, -0.2) is 53.7 Å². The fourth-order valence-corrected chi connectivity index (χ4v) is 5.44. The number of halogens is 1. The van der Waals surface area contributed by atoms with Crippen molar-refractivity contribution in [3.8, 4) is 0 Å². The van der Waals surface area contributed by atoms with Gasteiger partial charge < -0.3 is 5.11 Å². The van der Waals surface area contributed by atoms with Crippen LogP contribution >= 0.6 is 11.3 Å². The van der Waals surface area contributed by atoms with E-state index in [4.69, 9.17) is 0 Å². The molecule has 2 aromatic rings. The quantitative estimate of drug-likeness (QED) is 0.813. The van der Waals surface area contributed by atoms with E-state index in [9.17, 15) is 9.50 Å². The van der Waals surface area contributed by atoms with Gasteiger partial charge >= 0.3 is 0 Å². The van der Waals surface area contributed by atoms with Gasteiger partial charge in [-0.25, -0.2) is 4.39 Å². The topological polar surface area (TPSA) is 26.7 Å². The summed E-state index contributed by atoms with van der Waals surface area (Å²) in [5.74, 6) is -0.193. The van der Waals surface area contributed by atoms with Crippen molar-refractivity contribution in [2.75, 3.05) is 32.7 Å². The van der Waals surface area contributed by atoms with E-state index < -0.39 is 0 Å². The Bertz CT molecular complexity index is 766. The van der Waals surface area contributed by atoms with E-state index in [1.807, 2.05) is 12.1 Å². The second-order valence-corrected chi connectivity index (χ2v) is 9.39. The zero-order valence-corrected chi connectivity index (χ0v) is 17.1. The van der Waals surface area contributed by atoms with Crippen LogP contribution in [0.3, 0.4) is 0 Å². The van der Waals surface area contributed by atoms with Gasteiger partial charge in [-0.15, -0.1) is 11.3 Å². The number of hydrogen-bond donors (Lipinski definition) is 1. The highest BCUT2D eigenvalue weighted by Crippen LogP contribution is 2.40. The van der Waals surface area contributed by atoms with Gasteiger partial charge in [-0.3, -0.25) is 9.80 Å². The molecule has 1 N–H and O–H groups in total. The predicted molar refractivity (Wildman–Crippen MR) is 114 cm³/mol. The Balaban J connectivity index is 1.29. The number of aliphatic hydroxyl groups excluding tert-OH is 1. The first-order valence-electron chi connectivity index (χ1n) is 10.2. The molecule has 1 aromatic carbocycles. The summed E-state index contributed by atoms with van der Waals surface area (Å²) in [6, 6.07) is 10.9. The van der Waals surface area contributed by atoms with Gasteiger partial charge in [0.25, 0.3) is 0 Å². The van der Waals surface area contributed by atoms with Gasteiger partial charge in [0.2, 0.25) is 0 Å². The van der Waals surface area contributed by atoms with E-state index in [0.29, 0.717) is 0 Å². The maximum Gasteiger partial charge on any atom is 0.123 e. The molecular formula is C23H29FN2OS. The molecule has 0 radical (unpaired) electrons. The van der Waals surface area contributed by atoms with Crippen LogP contribution in [0.25, 0.3) is 6.08 Å². The third-order valence-corrected chi connectivity index (χ3v) is 6.98. The molecule has 1 aromatic heterocycles. The minimum Gasteiger partial charge on any atom is -0.392 e. The lowest BCUT2D eigenvalue weighted by Crippen LogP contribution is -2.53. The maximum absolute atomic E-state index is 13.0. The third-order valence-electron chi connectivity index (χ3n) is 6.12. The van der Waals surface area contributed by atoms with Crippen LogP contribution in [0.4, 0.5) is 4.39 Å². The molecule has 150 valence electrons. The molecule has 4 rings (SSSR count). The van der Waals surface area contributed by atoms with Crippen molar-refractivity contribution in [1.29, 1.82) is 0 Å². The SMILES string of the molecule is OC1CN(Cc2cccs2)CC2(CCN(C/C=C/c3ccc(F)cc3)CC2)C1. The van der Waals surface area contributed by atoms with Crippen LogP contribution in [-0.2, 0) is 6.54 Å². The highest BCUT2D eigenvalue weighted by atomic mass is 32.1. The monoisotopic (exact) mass is 400 g/mol. The number of nitrogens with zero attached hydrogens (tertiary/aromatic N) is 2. The van der Waals surface area contributed by atoms with Gasteiger partial charge in [-0.05, 0) is 66.9 Å². The summed E-state index contributed by atoms with van der Waals surface area (Å²) in [5.41, 5.74) is 1.29. The summed E-state index contributed by atoms with van der Waals surface area (Å²) in [7, 11) is 0. The highest BCUT2D eigenvalue weighted by Gasteiger charge is 2.41. The number of likely N-dealkylation sites (tertiary alicyclic amines) is 2. The average molecular weight is 401 g/mol. The van der Waals surface area contributed by atoms with E-state index in [1.54, 1.807) is 11.3 Å². The molecular weight excluding hydrogens is 371 g/mol. The Hall–Kier alpha value is -1.53. The highest BCUT2D eigenvalue weighted by molar-refractivity contribution is 7.09. The Morgan fingerprint density at radius 3 is 2.64 bits per heavy atom. The molecule has 2 saturated heterocycles. The van der Waals surface area contributed by atoms with Crippen LogP contribution in [0.15, 0.2) is 47.9 Å². The van der Waals surface area contributed by atoms with Crippen LogP contribution in [0.2, 0.25) is 0 Å². The maximum atomic E-state index is 13.0. The van der Waals surface area contributed by atoms with Gasteiger partial charge in [0, 0.05) is 31.1 Å². The molecule has 1 spiro atoms. The van der Waals surface area contributed by atoms with Crippen molar-refractivity contribution >= 4 is 17.4 Å². The second kappa shape index (κ2) is 8.87. The molecule has 0 bridgehead atoms. The van der Waals surface area contributed by atoms with Crippen molar-refractivity contribution in [1.82, 2.24) is 9.80 Å². The van der Waals surface area contributed by atoms with Gasteiger partial charge in [0.05, 0.1) is 6.10 Å². The summed E-state index contributed by atoms with van der Waals surface area (Å²) >= 11 is 1.80. The summed E-state index contributed by atoms with van der Waals surface area (Å²) in [6.45, 7) is 5.93. The summed E-state index contributed by atoms with van der Waals surface area (Å²) in [6.07, 6.45) is 7.26. The van der Waals surface area contributed by atoms with Crippen molar-refractivity contribution in [3.05, 3.63) is 64.1 Å². The Morgan fingerprint density at radius 2 is 1.93 bits per heavy atom. The van der Waals surface area contributed by atoms with E-state index in [1.165, 1.54) is 17.0 Å². The first-order chi connectivity index (χ1) is 13.6. The second-order valence-electron chi connectivity index (χ2n) is 8.36. The first kappa shape index (κ1) is 19.8. The molecule has 2 aliphatic heterocycles. The van der Waals surface area contributed by atoms with Gasteiger partial charge in [0.1, 0.15) is 5.82 Å². The minimum atomic E-state index is -0.210. The van der Waals surface area contributed by atoms with Crippen LogP contribution in [0.1, 0.15) is 29.7 Å². The van der Waals surface area contributed by atoms with E-state index >= 15 is 0 Å². The number of aliphatic hydroxyl groups is 1. The predicted octanol–water partition coefficient (Wildman–Crippen LogP) is 4.25. The Labute approximate surface area is 171 Å². The number of piperidine rings is 2. The number of thiophene rings is 1. The molecule has 3 nitrogen and oxygen atoms in total. The molecule has 2 fully saturated rings. The first-order valence-corrected chi connectivity index (χ1v) is 11.1. The summed E-state index contributed by atoms with van der Waals surface area (Å²) in [5, 5.41) is 12.6. The van der Waals surface area contributed by atoms with Gasteiger partial charge in [-0.2, -0.15) is 0 Å². The van der Waals surface area contributed by atoms with Crippen molar-refractivity contribution < 1.29 is 9.50 Å². The zero-order valence-electron chi connectivity index (χ0n) is 16.3. The fourth-order valence-electron chi connectivity index (χ4n) is 4.69. The lowest BCUT2D eigenvalue weighted by atomic mass is 9.71. The molecule has 0 aliphatic carbocycles. The molecule has 28 heavy (non-hydrogen) atoms. The van der Waals surface area contributed by atoms with Gasteiger partial charge in [-0.1, -0.05) is 30.4 Å². The van der Waals surface area contributed by atoms with Crippen molar-refractivity contribution in [3.63, 3.8) is 0 Å². The number of benzene rings is 1. The van der Waals surface area contributed by atoms with Crippen LogP contribution < -0.4 is 0 Å². The normalized spacial score (nSPS) is 23.6. The fraction of sp³-hybridized carbons (Fsp3) is 0.478. The van der Waals surface area contributed by atoms with E-state index in [-0.39, 0.29) is 17.3 Å².